The minimum absolute atomic E-state index is 0.116. The second-order valence-electron chi connectivity index (χ2n) is 5.14. The van der Waals surface area contributed by atoms with E-state index in [1.165, 1.54) is 0 Å². The molecular formula is C16H24N2O3. The highest BCUT2D eigenvalue weighted by Gasteiger charge is 2.17. The van der Waals surface area contributed by atoms with Gasteiger partial charge < -0.3 is 14.8 Å². The van der Waals surface area contributed by atoms with E-state index in [1.807, 2.05) is 24.3 Å². The molecule has 1 aromatic rings. The fourth-order valence-electron chi connectivity index (χ4n) is 2.41. The minimum Gasteiger partial charge on any atom is -0.490 e. The lowest BCUT2D eigenvalue weighted by Crippen LogP contribution is -2.33. The van der Waals surface area contributed by atoms with Gasteiger partial charge in [0.2, 0.25) is 0 Å². The minimum atomic E-state index is 0.116. The third-order valence-corrected chi connectivity index (χ3v) is 3.53. The molecule has 1 saturated heterocycles. The first-order valence-electron chi connectivity index (χ1n) is 7.48. The third kappa shape index (κ3) is 5.12. The molecular weight excluding hydrogens is 268 g/mol. The van der Waals surface area contributed by atoms with E-state index in [0.717, 1.165) is 32.6 Å². The lowest BCUT2D eigenvalue weighted by atomic mass is 10.1. The Labute approximate surface area is 126 Å². The van der Waals surface area contributed by atoms with E-state index in [-0.39, 0.29) is 5.78 Å². The number of ether oxygens (including phenoxy) is 2. The summed E-state index contributed by atoms with van der Waals surface area (Å²) < 4.78 is 10.6. The van der Waals surface area contributed by atoms with Gasteiger partial charge in [-0.2, -0.15) is 0 Å². The highest BCUT2D eigenvalue weighted by molar-refractivity contribution is 6.00. The van der Waals surface area contributed by atoms with Crippen LogP contribution in [0.1, 0.15) is 16.8 Å². The molecule has 2 rings (SSSR count). The van der Waals surface area contributed by atoms with Gasteiger partial charge in [-0.3, -0.25) is 9.69 Å². The summed E-state index contributed by atoms with van der Waals surface area (Å²) in [7, 11) is 1.63. The number of para-hydroxylation sites is 1. The van der Waals surface area contributed by atoms with Gasteiger partial charge in [-0.1, -0.05) is 12.1 Å². The average molecular weight is 292 g/mol. The van der Waals surface area contributed by atoms with Crippen LogP contribution < -0.4 is 10.1 Å². The van der Waals surface area contributed by atoms with Gasteiger partial charge >= 0.3 is 0 Å². The van der Waals surface area contributed by atoms with Crippen LogP contribution in [-0.2, 0) is 4.74 Å². The Morgan fingerprint density at radius 2 is 2.10 bits per heavy atom. The summed E-state index contributed by atoms with van der Waals surface area (Å²) in [4.78, 5) is 14.7. The van der Waals surface area contributed by atoms with Crippen LogP contribution in [0, 0.1) is 0 Å². The van der Waals surface area contributed by atoms with Gasteiger partial charge in [0.25, 0.3) is 0 Å². The van der Waals surface area contributed by atoms with E-state index in [9.17, 15) is 4.79 Å². The molecule has 1 N–H and O–H groups in total. The van der Waals surface area contributed by atoms with Crippen molar-refractivity contribution >= 4 is 5.78 Å². The number of nitrogens with one attached hydrogen (secondary N) is 1. The second-order valence-corrected chi connectivity index (χ2v) is 5.14. The number of hydrogen-bond donors (Lipinski definition) is 1. The van der Waals surface area contributed by atoms with Crippen molar-refractivity contribution in [3.05, 3.63) is 29.8 Å². The standard InChI is InChI=1S/C16H24N2O3/c1-20-11-12-21-16-6-3-2-5-14(16)15(19)13-18-9-4-7-17-8-10-18/h2-3,5-6,17H,4,7-13H2,1H3. The second kappa shape index (κ2) is 8.77. The normalized spacial score (nSPS) is 16.4. The summed E-state index contributed by atoms with van der Waals surface area (Å²) >= 11 is 0. The summed E-state index contributed by atoms with van der Waals surface area (Å²) in [5, 5.41) is 3.34. The highest BCUT2D eigenvalue weighted by Crippen LogP contribution is 2.19. The Hall–Kier alpha value is -1.43. The third-order valence-electron chi connectivity index (χ3n) is 3.53. The molecule has 0 aliphatic carbocycles. The van der Waals surface area contributed by atoms with Crippen LogP contribution in [0.4, 0.5) is 0 Å². The Bertz CT molecular complexity index is 443. The van der Waals surface area contributed by atoms with Crippen LogP contribution >= 0.6 is 0 Å². The molecule has 0 aromatic heterocycles. The maximum absolute atomic E-state index is 12.5. The van der Waals surface area contributed by atoms with Crippen molar-refractivity contribution in [3.63, 3.8) is 0 Å². The number of rotatable bonds is 7. The van der Waals surface area contributed by atoms with Crippen molar-refractivity contribution in [1.82, 2.24) is 10.2 Å². The molecule has 0 saturated carbocycles. The molecule has 0 amide bonds. The first kappa shape index (κ1) is 15.9. The van der Waals surface area contributed by atoms with Crippen molar-refractivity contribution in [2.75, 3.05) is 53.0 Å². The van der Waals surface area contributed by atoms with Crippen molar-refractivity contribution in [1.29, 1.82) is 0 Å². The Kier molecular flexibility index (Phi) is 6.66. The molecule has 5 nitrogen and oxygen atoms in total. The van der Waals surface area contributed by atoms with Crippen molar-refractivity contribution in [2.45, 2.75) is 6.42 Å². The fourth-order valence-corrected chi connectivity index (χ4v) is 2.41. The van der Waals surface area contributed by atoms with Crippen LogP contribution in [-0.4, -0.2) is 63.7 Å². The van der Waals surface area contributed by atoms with Gasteiger partial charge in [-0.05, 0) is 31.6 Å². The predicted octanol–water partition coefficient (Wildman–Crippen LogP) is 1.19. The summed E-state index contributed by atoms with van der Waals surface area (Å²) in [6, 6.07) is 7.43. The van der Waals surface area contributed by atoms with Gasteiger partial charge in [0, 0.05) is 20.2 Å². The van der Waals surface area contributed by atoms with Gasteiger partial charge in [0.1, 0.15) is 12.4 Å². The Balaban J connectivity index is 1.97. The lowest BCUT2D eigenvalue weighted by molar-refractivity contribution is 0.0927. The average Bonchev–Trinajstić information content (AvgIpc) is 2.76. The zero-order chi connectivity index (χ0) is 14.9. The first-order valence-corrected chi connectivity index (χ1v) is 7.48. The summed E-state index contributed by atoms with van der Waals surface area (Å²) in [6.07, 6.45) is 1.08. The topological polar surface area (TPSA) is 50.8 Å². The number of hydrogen-bond acceptors (Lipinski definition) is 5. The van der Waals surface area contributed by atoms with Gasteiger partial charge in [0.15, 0.2) is 5.78 Å². The van der Waals surface area contributed by atoms with E-state index in [1.54, 1.807) is 7.11 Å². The lowest BCUT2D eigenvalue weighted by Gasteiger charge is -2.19. The molecule has 5 heteroatoms. The predicted molar refractivity (Wildman–Crippen MR) is 82.1 cm³/mol. The van der Waals surface area contributed by atoms with Crippen LogP contribution in [0.15, 0.2) is 24.3 Å². The molecule has 21 heavy (non-hydrogen) atoms. The molecule has 1 aliphatic heterocycles. The largest absolute Gasteiger partial charge is 0.490 e. The number of nitrogens with zero attached hydrogens (tertiary/aromatic N) is 1. The Morgan fingerprint density at radius 3 is 2.95 bits per heavy atom. The zero-order valence-electron chi connectivity index (χ0n) is 12.6. The maximum Gasteiger partial charge on any atom is 0.180 e. The van der Waals surface area contributed by atoms with E-state index in [4.69, 9.17) is 9.47 Å². The Morgan fingerprint density at radius 1 is 1.24 bits per heavy atom. The van der Waals surface area contributed by atoms with Crippen LogP contribution in [0.3, 0.4) is 0 Å². The molecule has 0 radical (unpaired) electrons. The summed E-state index contributed by atoms with van der Waals surface area (Å²) in [5.41, 5.74) is 0.658. The van der Waals surface area contributed by atoms with Crippen molar-refractivity contribution < 1.29 is 14.3 Å². The molecule has 1 aromatic carbocycles. The van der Waals surface area contributed by atoms with Gasteiger partial charge in [-0.15, -0.1) is 0 Å². The van der Waals surface area contributed by atoms with E-state index < -0.39 is 0 Å². The van der Waals surface area contributed by atoms with Gasteiger partial charge in [0.05, 0.1) is 18.7 Å². The van der Waals surface area contributed by atoms with Crippen molar-refractivity contribution in [3.8, 4) is 5.75 Å². The summed E-state index contributed by atoms with van der Waals surface area (Å²) in [6.45, 7) is 5.27. The molecule has 1 aliphatic rings. The number of carbonyl (C=O) groups is 1. The first-order chi connectivity index (χ1) is 10.3. The zero-order valence-corrected chi connectivity index (χ0v) is 12.6. The van der Waals surface area contributed by atoms with E-state index >= 15 is 0 Å². The number of Topliss-reactive ketones (excluding diaryl/α,β-unsaturated/α-hetero) is 1. The number of carbonyl (C=O) groups excluding carboxylic acids is 1. The van der Waals surface area contributed by atoms with E-state index in [0.29, 0.717) is 31.1 Å². The van der Waals surface area contributed by atoms with Crippen LogP contribution in [0.25, 0.3) is 0 Å². The quantitative estimate of drug-likeness (QED) is 0.604. The highest BCUT2D eigenvalue weighted by atomic mass is 16.5. The molecule has 116 valence electrons. The molecule has 1 heterocycles. The molecule has 1 fully saturated rings. The monoisotopic (exact) mass is 292 g/mol. The van der Waals surface area contributed by atoms with Crippen molar-refractivity contribution in [2.24, 2.45) is 0 Å². The number of methoxy groups -OCH3 is 1. The smallest absolute Gasteiger partial charge is 0.180 e. The maximum atomic E-state index is 12.5. The fraction of sp³-hybridized carbons (Fsp3) is 0.562. The molecule has 0 spiro atoms. The number of benzene rings is 1. The molecule has 0 bridgehead atoms. The van der Waals surface area contributed by atoms with Crippen LogP contribution in [0.5, 0.6) is 5.75 Å². The van der Waals surface area contributed by atoms with Crippen LogP contribution in [0.2, 0.25) is 0 Å². The SMILES string of the molecule is COCCOc1ccccc1C(=O)CN1CCCNCC1. The molecule has 0 unspecified atom stereocenters. The molecule has 0 atom stereocenters. The summed E-state index contributed by atoms with van der Waals surface area (Å²) in [5.74, 6) is 0.761. The van der Waals surface area contributed by atoms with Gasteiger partial charge in [-0.25, -0.2) is 0 Å². The number of ketones is 1. The van der Waals surface area contributed by atoms with E-state index in [2.05, 4.69) is 10.2 Å².